The lowest BCUT2D eigenvalue weighted by Crippen LogP contribution is -2.58. The lowest BCUT2D eigenvalue weighted by Gasteiger charge is -2.56. The number of ether oxygens (including phenoxy) is 3. The van der Waals surface area contributed by atoms with E-state index in [4.69, 9.17) is 14.2 Å². The molecule has 0 amide bonds. The van der Waals surface area contributed by atoms with Gasteiger partial charge in [0.25, 0.3) is 0 Å². The Morgan fingerprint density at radius 3 is 2.59 bits per heavy atom. The minimum Gasteiger partial charge on any atom is -0.468 e. The molecule has 2 aliphatic carbocycles. The molecule has 0 saturated heterocycles. The van der Waals surface area contributed by atoms with Crippen molar-refractivity contribution < 1.29 is 23.8 Å². The van der Waals surface area contributed by atoms with Crippen molar-refractivity contribution in [1.82, 2.24) is 0 Å². The molecule has 0 spiro atoms. The summed E-state index contributed by atoms with van der Waals surface area (Å²) in [4.78, 5) is 25.7. The first kappa shape index (κ1) is 22.1. The van der Waals surface area contributed by atoms with Gasteiger partial charge in [0.1, 0.15) is 12.7 Å². The first-order chi connectivity index (χ1) is 12.8. The highest BCUT2D eigenvalue weighted by Crippen LogP contribution is 2.59. The summed E-state index contributed by atoms with van der Waals surface area (Å²) in [6.07, 6.45) is 8.71. The second-order valence-corrected chi connectivity index (χ2v) is 8.81. The zero-order chi connectivity index (χ0) is 20.1. The third-order valence-corrected chi connectivity index (χ3v) is 6.74. The summed E-state index contributed by atoms with van der Waals surface area (Å²) < 4.78 is 15.7. The van der Waals surface area contributed by atoms with Crippen molar-refractivity contribution in [3.63, 3.8) is 0 Å². The van der Waals surface area contributed by atoms with Gasteiger partial charge in [0, 0.05) is 7.11 Å². The van der Waals surface area contributed by atoms with Gasteiger partial charge in [0.15, 0.2) is 5.78 Å². The first-order valence-electron chi connectivity index (χ1n) is 10.1. The molecule has 0 aromatic carbocycles. The van der Waals surface area contributed by atoms with E-state index < -0.39 is 17.3 Å². The largest absolute Gasteiger partial charge is 0.468 e. The third-order valence-electron chi connectivity index (χ3n) is 6.74. The lowest BCUT2D eigenvalue weighted by atomic mass is 9.48. The van der Waals surface area contributed by atoms with Crippen LogP contribution in [0.15, 0.2) is 11.6 Å². The Labute approximate surface area is 163 Å². The van der Waals surface area contributed by atoms with E-state index in [1.807, 2.05) is 0 Å². The molecule has 0 aliphatic heterocycles. The van der Waals surface area contributed by atoms with Crippen LogP contribution in [-0.2, 0) is 23.8 Å². The van der Waals surface area contributed by atoms with Crippen molar-refractivity contribution in [2.45, 2.75) is 65.7 Å². The molecule has 2 rings (SSSR count). The number of carbonyl (C=O) groups excluding carboxylic acids is 2. The SMILES string of the molecule is COCOC[C@]12CCC[C@@](C)(CCC=C(C)C)[C@@H]1CCC(C(=O)OC)C2=O. The highest BCUT2D eigenvalue weighted by Gasteiger charge is 2.59. The van der Waals surface area contributed by atoms with E-state index in [9.17, 15) is 9.59 Å². The van der Waals surface area contributed by atoms with E-state index in [1.165, 1.54) is 12.7 Å². The molecule has 0 aromatic rings. The van der Waals surface area contributed by atoms with E-state index in [2.05, 4.69) is 26.8 Å². The average molecular weight is 381 g/mol. The van der Waals surface area contributed by atoms with Crippen LogP contribution < -0.4 is 0 Å². The standard InChI is InChI=1S/C22H36O5/c1-16(2)8-6-11-21(3)12-7-13-22(14-27-15-25-4)18(21)10-9-17(19(22)23)20(24)26-5/h8,17-18H,6-7,9-15H2,1-5H3/t17?,18-,21+,22+/m0/s1. The molecule has 2 fully saturated rings. The van der Waals surface area contributed by atoms with Crippen LogP contribution in [-0.4, -0.2) is 39.4 Å². The second kappa shape index (κ2) is 9.33. The highest BCUT2D eigenvalue weighted by atomic mass is 16.7. The van der Waals surface area contributed by atoms with Crippen LogP contribution in [0.5, 0.6) is 0 Å². The van der Waals surface area contributed by atoms with Crippen LogP contribution in [0.2, 0.25) is 0 Å². The van der Waals surface area contributed by atoms with Crippen LogP contribution in [0.4, 0.5) is 0 Å². The predicted molar refractivity (Wildman–Crippen MR) is 104 cm³/mol. The maximum absolute atomic E-state index is 13.5. The molecule has 0 radical (unpaired) electrons. The van der Waals surface area contributed by atoms with Gasteiger partial charge in [0.05, 0.1) is 19.1 Å². The molecule has 1 unspecified atom stereocenters. The zero-order valence-electron chi connectivity index (χ0n) is 17.6. The van der Waals surface area contributed by atoms with Gasteiger partial charge >= 0.3 is 5.97 Å². The minimum absolute atomic E-state index is 0.0230. The van der Waals surface area contributed by atoms with Gasteiger partial charge in [-0.15, -0.1) is 0 Å². The number of fused-ring (bicyclic) bond motifs is 1. The lowest BCUT2D eigenvalue weighted by molar-refractivity contribution is -0.175. The maximum Gasteiger partial charge on any atom is 0.316 e. The Hall–Kier alpha value is -1.20. The molecule has 5 nitrogen and oxygen atoms in total. The van der Waals surface area contributed by atoms with Crippen molar-refractivity contribution in [2.24, 2.45) is 22.7 Å². The fourth-order valence-corrected chi connectivity index (χ4v) is 5.46. The van der Waals surface area contributed by atoms with Crippen molar-refractivity contribution in [3.05, 3.63) is 11.6 Å². The van der Waals surface area contributed by atoms with E-state index >= 15 is 0 Å². The quantitative estimate of drug-likeness (QED) is 0.207. The molecule has 0 N–H and O–H groups in total. The normalized spacial score (nSPS) is 33.3. The molecular weight excluding hydrogens is 344 g/mol. The second-order valence-electron chi connectivity index (χ2n) is 8.81. The molecule has 0 heterocycles. The number of allylic oxidation sites excluding steroid dienone is 2. The summed E-state index contributed by atoms with van der Waals surface area (Å²) in [5.74, 6) is -0.802. The van der Waals surface area contributed by atoms with Crippen molar-refractivity contribution >= 4 is 11.8 Å². The van der Waals surface area contributed by atoms with E-state index in [-0.39, 0.29) is 23.9 Å². The number of ketones is 1. The minimum atomic E-state index is -0.655. The topological polar surface area (TPSA) is 61.8 Å². The Morgan fingerprint density at radius 1 is 1.22 bits per heavy atom. The van der Waals surface area contributed by atoms with E-state index in [0.717, 1.165) is 38.5 Å². The Kier molecular flexibility index (Phi) is 7.64. The summed E-state index contributed by atoms with van der Waals surface area (Å²) in [7, 11) is 2.94. The maximum atomic E-state index is 13.5. The average Bonchev–Trinajstić information content (AvgIpc) is 2.62. The third kappa shape index (κ3) is 4.62. The van der Waals surface area contributed by atoms with Gasteiger partial charge in [0.2, 0.25) is 0 Å². The van der Waals surface area contributed by atoms with Crippen LogP contribution in [0.25, 0.3) is 0 Å². The molecule has 2 aliphatic rings. The van der Waals surface area contributed by atoms with Crippen LogP contribution in [0, 0.1) is 22.7 Å². The van der Waals surface area contributed by atoms with Crippen molar-refractivity contribution in [1.29, 1.82) is 0 Å². The number of esters is 1. The predicted octanol–water partition coefficient (Wildman–Crippen LogP) is 4.30. The number of rotatable bonds is 8. The number of hydrogen-bond donors (Lipinski definition) is 0. The van der Waals surface area contributed by atoms with Gasteiger partial charge < -0.3 is 14.2 Å². The van der Waals surface area contributed by atoms with Crippen molar-refractivity contribution in [2.75, 3.05) is 27.6 Å². The summed E-state index contributed by atoms with van der Waals surface area (Å²) in [6.45, 7) is 7.07. The smallest absolute Gasteiger partial charge is 0.316 e. The zero-order valence-corrected chi connectivity index (χ0v) is 17.6. The van der Waals surface area contributed by atoms with Gasteiger partial charge in [-0.3, -0.25) is 9.59 Å². The van der Waals surface area contributed by atoms with Crippen LogP contribution in [0.1, 0.15) is 65.7 Å². The molecule has 2 saturated carbocycles. The Morgan fingerprint density at radius 2 is 1.96 bits per heavy atom. The number of hydrogen-bond acceptors (Lipinski definition) is 5. The molecule has 5 heteroatoms. The fraction of sp³-hybridized carbons (Fsp3) is 0.818. The van der Waals surface area contributed by atoms with Crippen molar-refractivity contribution in [3.8, 4) is 0 Å². The number of Topliss-reactive ketones (excluding diaryl/α,β-unsaturated/α-hetero) is 1. The van der Waals surface area contributed by atoms with E-state index in [1.54, 1.807) is 7.11 Å². The summed E-state index contributed by atoms with van der Waals surface area (Å²) in [6, 6.07) is 0. The van der Waals surface area contributed by atoms with Crippen LogP contribution in [0.3, 0.4) is 0 Å². The van der Waals surface area contributed by atoms with Gasteiger partial charge in [-0.25, -0.2) is 0 Å². The summed E-state index contributed by atoms with van der Waals surface area (Å²) in [5, 5.41) is 0. The molecule has 27 heavy (non-hydrogen) atoms. The monoisotopic (exact) mass is 380 g/mol. The molecule has 4 atom stereocenters. The fourth-order valence-electron chi connectivity index (χ4n) is 5.46. The van der Waals surface area contributed by atoms with E-state index in [0.29, 0.717) is 13.0 Å². The first-order valence-corrected chi connectivity index (χ1v) is 10.1. The summed E-state index contributed by atoms with van der Waals surface area (Å²) in [5.41, 5.74) is 0.805. The molecule has 0 aromatic heterocycles. The Balaban J connectivity index is 2.31. The van der Waals surface area contributed by atoms with Gasteiger partial charge in [-0.2, -0.15) is 0 Å². The molecular formula is C22H36O5. The number of carbonyl (C=O) groups is 2. The van der Waals surface area contributed by atoms with Gasteiger partial charge in [-0.05, 0) is 63.7 Å². The van der Waals surface area contributed by atoms with Crippen LogP contribution >= 0.6 is 0 Å². The summed E-state index contributed by atoms with van der Waals surface area (Å²) >= 11 is 0. The number of methoxy groups -OCH3 is 2. The molecule has 0 bridgehead atoms. The molecule has 154 valence electrons. The van der Waals surface area contributed by atoms with Gasteiger partial charge in [-0.1, -0.05) is 25.0 Å². The Bertz CT molecular complexity index is 565. The highest BCUT2D eigenvalue weighted by molar-refractivity contribution is 6.03.